The first kappa shape index (κ1) is 9.33. The molecular weight excluding hydrogens is 150 g/mol. The zero-order chi connectivity index (χ0) is 8.65. The molecule has 0 spiro atoms. The standard InChI is InChI=1S/C10H17NO/c1-2-3-5-8-11-9-6-4-7-10-12-11/h4,6-7,10H,2-3,5,8-9H2,1H3. The van der Waals surface area contributed by atoms with Crippen LogP contribution in [0.1, 0.15) is 26.2 Å². The maximum absolute atomic E-state index is 5.34. The quantitative estimate of drug-likeness (QED) is 0.596. The summed E-state index contributed by atoms with van der Waals surface area (Å²) in [5.41, 5.74) is 0. The first-order valence-electron chi connectivity index (χ1n) is 4.67. The molecule has 0 aromatic rings. The van der Waals surface area contributed by atoms with Crippen molar-refractivity contribution in [2.45, 2.75) is 26.2 Å². The van der Waals surface area contributed by atoms with Crippen molar-refractivity contribution in [3.63, 3.8) is 0 Å². The van der Waals surface area contributed by atoms with Crippen LogP contribution in [0, 0.1) is 0 Å². The van der Waals surface area contributed by atoms with E-state index in [1.54, 1.807) is 6.26 Å². The van der Waals surface area contributed by atoms with E-state index >= 15 is 0 Å². The number of hydroxylamine groups is 2. The molecule has 2 nitrogen and oxygen atoms in total. The molecule has 1 rings (SSSR count). The van der Waals surface area contributed by atoms with E-state index < -0.39 is 0 Å². The fourth-order valence-corrected chi connectivity index (χ4v) is 1.15. The molecule has 1 aliphatic rings. The summed E-state index contributed by atoms with van der Waals surface area (Å²) in [6, 6.07) is 0. The van der Waals surface area contributed by atoms with Gasteiger partial charge in [-0.25, -0.2) is 0 Å². The number of hydrogen-bond acceptors (Lipinski definition) is 2. The average molecular weight is 167 g/mol. The summed E-state index contributed by atoms with van der Waals surface area (Å²) in [6.45, 7) is 4.14. The second-order valence-electron chi connectivity index (χ2n) is 2.96. The molecule has 68 valence electrons. The largest absolute Gasteiger partial charge is 0.414 e. The molecule has 1 aliphatic heterocycles. The smallest absolute Gasteiger partial charge is 0.111 e. The predicted molar refractivity (Wildman–Crippen MR) is 50.5 cm³/mol. The van der Waals surface area contributed by atoms with E-state index in [-0.39, 0.29) is 0 Å². The number of rotatable bonds is 4. The van der Waals surface area contributed by atoms with Gasteiger partial charge in [0.25, 0.3) is 0 Å². The number of hydrogen-bond donors (Lipinski definition) is 0. The summed E-state index contributed by atoms with van der Waals surface area (Å²) in [5.74, 6) is 0. The van der Waals surface area contributed by atoms with Gasteiger partial charge in [0.15, 0.2) is 0 Å². The monoisotopic (exact) mass is 167 g/mol. The molecule has 1 heterocycles. The number of nitrogens with zero attached hydrogens (tertiary/aromatic N) is 1. The minimum atomic E-state index is 0.900. The van der Waals surface area contributed by atoms with E-state index in [2.05, 4.69) is 13.0 Å². The Kier molecular flexibility index (Phi) is 4.54. The van der Waals surface area contributed by atoms with Crippen molar-refractivity contribution in [3.8, 4) is 0 Å². The highest BCUT2D eigenvalue weighted by atomic mass is 16.7. The first-order valence-corrected chi connectivity index (χ1v) is 4.67. The Morgan fingerprint density at radius 2 is 2.25 bits per heavy atom. The van der Waals surface area contributed by atoms with Crippen molar-refractivity contribution in [2.75, 3.05) is 13.1 Å². The minimum Gasteiger partial charge on any atom is -0.414 e. The second-order valence-corrected chi connectivity index (χ2v) is 2.96. The fraction of sp³-hybridized carbons (Fsp3) is 0.600. The Morgan fingerprint density at radius 1 is 1.33 bits per heavy atom. The summed E-state index contributed by atoms with van der Waals surface area (Å²) in [5, 5.41) is 1.98. The molecule has 0 radical (unpaired) electrons. The maximum Gasteiger partial charge on any atom is 0.111 e. The number of allylic oxidation sites excluding steroid dienone is 2. The lowest BCUT2D eigenvalue weighted by Gasteiger charge is -2.17. The van der Waals surface area contributed by atoms with Crippen LogP contribution in [-0.4, -0.2) is 18.2 Å². The van der Waals surface area contributed by atoms with E-state index in [4.69, 9.17) is 4.84 Å². The normalized spacial score (nSPS) is 17.4. The third kappa shape index (κ3) is 3.58. The molecule has 0 saturated carbocycles. The molecule has 2 heteroatoms. The highest BCUT2D eigenvalue weighted by Crippen LogP contribution is 2.02. The lowest BCUT2D eigenvalue weighted by molar-refractivity contribution is -0.0930. The molecule has 0 bridgehead atoms. The van der Waals surface area contributed by atoms with Crippen molar-refractivity contribution in [1.82, 2.24) is 5.06 Å². The van der Waals surface area contributed by atoms with Gasteiger partial charge in [-0.15, -0.1) is 5.06 Å². The van der Waals surface area contributed by atoms with Crippen LogP contribution in [0.2, 0.25) is 0 Å². The molecule has 0 atom stereocenters. The molecule has 0 amide bonds. The topological polar surface area (TPSA) is 12.5 Å². The summed E-state index contributed by atoms with van der Waals surface area (Å²) < 4.78 is 0. The second kappa shape index (κ2) is 5.84. The van der Waals surface area contributed by atoms with Gasteiger partial charge in [0, 0.05) is 6.54 Å². The van der Waals surface area contributed by atoms with E-state index in [1.165, 1.54) is 19.3 Å². The predicted octanol–water partition coefficient (Wildman–Crippen LogP) is 2.49. The van der Waals surface area contributed by atoms with Crippen molar-refractivity contribution >= 4 is 0 Å². The Labute approximate surface area is 74.5 Å². The summed E-state index contributed by atoms with van der Waals surface area (Å²) in [6.07, 6.45) is 11.5. The molecule has 0 aliphatic carbocycles. The van der Waals surface area contributed by atoms with Gasteiger partial charge in [-0.2, -0.15) is 0 Å². The summed E-state index contributed by atoms with van der Waals surface area (Å²) >= 11 is 0. The lowest BCUT2D eigenvalue weighted by Crippen LogP contribution is -2.22. The Balaban J connectivity index is 2.14. The van der Waals surface area contributed by atoms with Gasteiger partial charge in [0.2, 0.25) is 0 Å². The number of unbranched alkanes of at least 4 members (excludes halogenated alkanes) is 2. The minimum absolute atomic E-state index is 0.900. The van der Waals surface area contributed by atoms with E-state index in [1.807, 2.05) is 17.2 Å². The van der Waals surface area contributed by atoms with Crippen LogP contribution in [0.3, 0.4) is 0 Å². The van der Waals surface area contributed by atoms with Crippen LogP contribution in [0.15, 0.2) is 24.5 Å². The van der Waals surface area contributed by atoms with Crippen molar-refractivity contribution in [3.05, 3.63) is 24.5 Å². The van der Waals surface area contributed by atoms with E-state index in [9.17, 15) is 0 Å². The van der Waals surface area contributed by atoms with Gasteiger partial charge in [-0.05, 0) is 12.5 Å². The SMILES string of the molecule is CCCCCN1CC=CC=CO1. The Bertz CT molecular complexity index is 149. The van der Waals surface area contributed by atoms with Crippen LogP contribution in [0.25, 0.3) is 0 Å². The average Bonchev–Trinajstić information content (AvgIpc) is 2.33. The van der Waals surface area contributed by atoms with Gasteiger partial charge < -0.3 is 4.84 Å². The molecule has 0 aromatic carbocycles. The zero-order valence-corrected chi connectivity index (χ0v) is 7.70. The van der Waals surface area contributed by atoms with Gasteiger partial charge in [0.1, 0.15) is 6.26 Å². The van der Waals surface area contributed by atoms with E-state index in [0.717, 1.165) is 13.1 Å². The van der Waals surface area contributed by atoms with Crippen molar-refractivity contribution in [1.29, 1.82) is 0 Å². The zero-order valence-electron chi connectivity index (χ0n) is 7.70. The molecule has 0 aromatic heterocycles. The van der Waals surface area contributed by atoms with Gasteiger partial charge in [-0.3, -0.25) is 0 Å². The highest BCUT2D eigenvalue weighted by molar-refractivity contribution is 5.01. The third-order valence-corrected chi connectivity index (χ3v) is 1.86. The molecule has 12 heavy (non-hydrogen) atoms. The highest BCUT2D eigenvalue weighted by Gasteiger charge is 2.01. The molecule has 0 fully saturated rings. The van der Waals surface area contributed by atoms with Gasteiger partial charge >= 0.3 is 0 Å². The van der Waals surface area contributed by atoms with Crippen molar-refractivity contribution < 1.29 is 4.84 Å². The Hall–Kier alpha value is -0.760. The maximum atomic E-state index is 5.34. The van der Waals surface area contributed by atoms with Crippen LogP contribution in [0.5, 0.6) is 0 Å². The summed E-state index contributed by atoms with van der Waals surface area (Å²) in [7, 11) is 0. The van der Waals surface area contributed by atoms with Crippen LogP contribution in [0.4, 0.5) is 0 Å². The van der Waals surface area contributed by atoms with Crippen LogP contribution >= 0.6 is 0 Å². The van der Waals surface area contributed by atoms with Crippen molar-refractivity contribution in [2.24, 2.45) is 0 Å². The molecule has 0 unspecified atom stereocenters. The van der Waals surface area contributed by atoms with Crippen LogP contribution < -0.4 is 0 Å². The first-order chi connectivity index (χ1) is 5.93. The molecule has 0 N–H and O–H groups in total. The molecular formula is C10H17NO. The lowest BCUT2D eigenvalue weighted by atomic mass is 10.2. The molecule has 0 saturated heterocycles. The fourth-order valence-electron chi connectivity index (χ4n) is 1.15. The van der Waals surface area contributed by atoms with E-state index in [0.29, 0.717) is 0 Å². The van der Waals surface area contributed by atoms with Gasteiger partial charge in [-0.1, -0.05) is 31.9 Å². The van der Waals surface area contributed by atoms with Gasteiger partial charge in [0.05, 0.1) is 6.54 Å². The Morgan fingerprint density at radius 3 is 3.08 bits per heavy atom. The van der Waals surface area contributed by atoms with Crippen LogP contribution in [-0.2, 0) is 4.84 Å². The third-order valence-electron chi connectivity index (χ3n) is 1.86. The summed E-state index contributed by atoms with van der Waals surface area (Å²) in [4.78, 5) is 5.34.